The molecule has 1 N–H and O–H groups in total. The van der Waals surface area contributed by atoms with Crippen molar-refractivity contribution in [2.24, 2.45) is 0 Å². The number of anilines is 1. The molecule has 1 amide bonds. The first-order valence-corrected chi connectivity index (χ1v) is 9.75. The van der Waals surface area contributed by atoms with Crippen LogP contribution in [0.25, 0.3) is 0 Å². The normalized spacial score (nSPS) is 10.6. The number of carbonyl (C=O) groups is 1. The third kappa shape index (κ3) is 6.21. The van der Waals surface area contributed by atoms with Crippen LogP contribution in [0, 0.1) is 0 Å². The van der Waals surface area contributed by atoms with Gasteiger partial charge in [0, 0.05) is 9.50 Å². The molecule has 2 aromatic carbocycles. The number of hydrogen-bond acceptors (Lipinski definition) is 2. The van der Waals surface area contributed by atoms with Gasteiger partial charge in [-0.25, -0.2) is 0 Å². The lowest BCUT2D eigenvalue weighted by atomic mass is 10.1. The fourth-order valence-corrected chi connectivity index (χ4v) is 3.11. The second-order valence-corrected chi connectivity index (χ2v) is 7.39. The van der Waals surface area contributed by atoms with Crippen LogP contribution in [0.3, 0.4) is 0 Å². The summed E-state index contributed by atoms with van der Waals surface area (Å²) >= 11 is 15.4. The van der Waals surface area contributed by atoms with Crippen LogP contribution in [0.2, 0.25) is 10.0 Å². The number of ether oxygens (including phenoxy) is 1. The number of hydrogen-bond donors (Lipinski definition) is 1. The van der Waals surface area contributed by atoms with E-state index in [9.17, 15) is 4.79 Å². The number of carbonyl (C=O) groups excluding carboxylic acids is 1. The molecule has 0 aliphatic rings. The fourth-order valence-electron chi connectivity index (χ4n) is 2.30. The molecule has 2 aromatic rings. The quantitative estimate of drug-likeness (QED) is 0.446. The van der Waals surface area contributed by atoms with Gasteiger partial charge in [-0.3, -0.25) is 4.79 Å². The Balaban J connectivity index is 2.10. The minimum Gasteiger partial charge on any atom is -0.493 e. The molecular formula is C19H20BrCl2NO2. The topological polar surface area (TPSA) is 38.3 Å². The molecule has 0 spiro atoms. The van der Waals surface area contributed by atoms with E-state index in [1.807, 2.05) is 6.07 Å². The number of halogens is 3. The maximum Gasteiger partial charge on any atom is 0.259 e. The lowest BCUT2D eigenvalue weighted by Gasteiger charge is -2.13. The first-order chi connectivity index (χ1) is 12.0. The van der Waals surface area contributed by atoms with Crippen LogP contribution in [0.1, 0.15) is 43.0 Å². The number of benzene rings is 2. The summed E-state index contributed by atoms with van der Waals surface area (Å²) in [7, 11) is 0. The average molecular weight is 445 g/mol. The molecule has 0 saturated carbocycles. The van der Waals surface area contributed by atoms with Crippen molar-refractivity contribution >= 4 is 50.7 Å². The van der Waals surface area contributed by atoms with Crippen LogP contribution in [-0.4, -0.2) is 12.5 Å². The number of unbranched alkanes of at least 4 members (excludes halogenated alkanes) is 3. The van der Waals surface area contributed by atoms with Gasteiger partial charge in [0.15, 0.2) is 0 Å². The maximum atomic E-state index is 12.7. The molecule has 0 radical (unpaired) electrons. The molecule has 134 valence electrons. The van der Waals surface area contributed by atoms with Gasteiger partial charge < -0.3 is 10.1 Å². The Bertz CT molecular complexity index is 737. The van der Waals surface area contributed by atoms with Gasteiger partial charge in [0.05, 0.1) is 22.9 Å². The summed E-state index contributed by atoms with van der Waals surface area (Å²) in [6, 6.07) is 10.3. The maximum absolute atomic E-state index is 12.7. The number of rotatable bonds is 8. The van der Waals surface area contributed by atoms with Gasteiger partial charge >= 0.3 is 0 Å². The number of nitrogens with one attached hydrogen (secondary N) is 1. The van der Waals surface area contributed by atoms with E-state index in [1.54, 1.807) is 30.3 Å². The molecule has 2 rings (SSSR count). The predicted molar refractivity (Wildman–Crippen MR) is 108 cm³/mol. The van der Waals surface area contributed by atoms with Gasteiger partial charge in [-0.2, -0.15) is 0 Å². The van der Waals surface area contributed by atoms with Crippen molar-refractivity contribution in [3.8, 4) is 5.75 Å². The lowest BCUT2D eigenvalue weighted by molar-refractivity contribution is 0.102. The Morgan fingerprint density at radius 2 is 1.92 bits per heavy atom. The van der Waals surface area contributed by atoms with Crippen LogP contribution in [0.5, 0.6) is 5.75 Å². The third-order valence-electron chi connectivity index (χ3n) is 3.62. The molecule has 0 aliphatic heterocycles. The Kier molecular flexibility index (Phi) is 8.07. The van der Waals surface area contributed by atoms with Gasteiger partial charge in [0.1, 0.15) is 5.75 Å². The molecule has 0 bridgehead atoms. The van der Waals surface area contributed by atoms with Crippen LogP contribution in [-0.2, 0) is 0 Å². The largest absolute Gasteiger partial charge is 0.493 e. The molecule has 0 heterocycles. The van der Waals surface area contributed by atoms with Gasteiger partial charge in [-0.05, 0) is 42.8 Å². The summed E-state index contributed by atoms with van der Waals surface area (Å²) in [4.78, 5) is 12.7. The van der Waals surface area contributed by atoms with Gasteiger partial charge in [-0.15, -0.1) is 0 Å². The van der Waals surface area contributed by atoms with E-state index in [4.69, 9.17) is 27.9 Å². The molecule has 25 heavy (non-hydrogen) atoms. The molecule has 0 fully saturated rings. The lowest BCUT2D eigenvalue weighted by Crippen LogP contribution is -2.14. The van der Waals surface area contributed by atoms with Crippen molar-refractivity contribution in [2.45, 2.75) is 32.6 Å². The molecular weight excluding hydrogens is 425 g/mol. The fraction of sp³-hybridized carbons (Fsp3) is 0.316. The van der Waals surface area contributed by atoms with Gasteiger partial charge in [-0.1, -0.05) is 65.3 Å². The van der Waals surface area contributed by atoms with Gasteiger partial charge in [0.25, 0.3) is 5.91 Å². The highest BCUT2D eigenvalue weighted by Gasteiger charge is 2.15. The smallest absolute Gasteiger partial charge is 0.259 e. The third-order valence-corrected chi connectivity index (χ3v) is 4.66. The summed E-state index contributed by atoms with van der Waals surface area (Å²) in [5, 5.41) is 3.70. The van der Waals surface area contributed by atoms with E-state index in [-0.39, 0.29) is 5.91 Å². The average Bonchev–Trinajstić information content (AvgIpc) is 2.58. The van der Waals surface area contributed by atoms with E-state index in [2.05, 4.69) is 28.2 Å². The van der Waals surface area contributed by atoms with Crippen molar-refractivity contribution in [3.63, 3.8) is 0 Å². The minimum atomic E-state index is -0.283. The number of amides is 1. The van der Waals surface area contributed by atoms with E-state index >= 15 is 0 Å². The molecule has 0 saturated heterocycles. The first-order valence-electron chi connectivity index (χ1n) is 8.20. The SMILES string of the molecule is CCCCCCOc1ccc(Br)cc1C(=O)Nc1ccc(Cl)cc1Cl. The Morgan fingerprint density at radius 3 is 2.64 bits per heavy atom. The minimum absolute atomic E-state index is 0.283. The van der Waals surface area contributed by atoms with Gasteiger partial charge in [0.2, 0.25) is 0 Å². The summed E-state index contributed by atoms with van der Waals surface area (Å²) in [5.41, 5.74) is 0.959. The summed E-state index contributed by atoms with van der Waals surface area (Å²) < 4.78 is 6.62. The first kappa shape index (κ1) is 20.1. The zero-order chi connectivity index (χ0) is 18.2. The Hall–Kier alpha value is -1.23. The summed E-state index contributed by atoms with van der Waals surface area (Å²) in [6.07, 6.45) is 4.45. The predicted octanol–water partition coefficient (Wildman–Crippen LogP) is 6.97. The zero-order valence-electron chi connectivity index (χ0n) is 14.0. The highest BCUT2D eigenvalue weighted by molar-refractivity contribution is 9.10. The molecule has 3 nitrogen and oxygen atoms in total. The van der Waals surface area contributed by atoms with Crippen molar-refractivity contribution < 1.29 is 9.53 Å². The van der Waals surface area contributed by atoms with E-state index < -0.39 is 0 Å². The molecule has 0 atom stereocenters. The molecule has 6 heteroatoms. The highest BCUT2D eigenvalue weighted by Crippen LogP contribution is 2.28. The van der Waals surface area contributed by atoms with E-state index in [0.717, 1.165) is 17.3 Å². The van der Waals surface area contributed by atoms with Crippen LogP contribution in [0.4, 0.5) is 5.69 Å². The summed E-state index contributed by atoms with van der Waals surface area (Å²) in [5.74, 6) is 0.274. The van der Waals surface area contributed by atoms with E-state index in [0.29, 0.717) is 33.7 Å². The highest BCUT2D eigenvalue weighted by atomic mass is 79.9. The van der Waals surface area contributed by atoms with E-state index in [1.165, 1.54) is 12.8 Å². The zero-order valence-corrected chi connectivity index (χ0v) is 17.0. The Morgan fingerprint density at radius 1 is 1.12 bits per heavy atom. The van der Waals surface area contributed by atoms with Crippen molar-refractivity contribution in [2.75, 3.05) is 11.9 Å². The second-order valence-electron chi connectivity index (χ2n) is 5.63. The molecule has 0 unspecified atom stereocenters. The van der Waals surface area contributed by atoms with Crippen molar-refractivity contribution in [1.29, 1.82) is 0 Å². The molecule has 0 aromatic heterocycles. The van der Waals surface area contributed by atoms with Crippen LogP contribution in [0.15, 0.2) is 40.9 Å². The van der Waals surface area contributed by atoms with Crippen LogP contribution >= 0.6 is 39.1 Å². The molecule has 0 aliphatic carbocycles. The summed E-state index contributed by atoms with van der Waals surface area (Å²) in [6.45, 7) is 2.75. The second kappa shape index (κ2) is 10.0. The standard InChI is InChI=1S/C19H20BrCl2NO2/c1-2-3-4-5-10-25-18-9-6-13(20)11-15(18)19(24)23-17-8-7-14(21)12-16(17)22/h6-9,11-12H,2-5,10H2,1H3,(H,23,24). The van der Waals surface area contributed by atoms with Crippen molar-refractivity contribution in [3.05, 3.63) is 56.5 Å². The monoisotopic (exact) mass is 443 g/mol. The van der Waals surface area contributed by atoms with Crippen LogP contribution < -0.4 is 10.1 Å². The Labute approximate surface area is 166 Å². The van der Waals surface area contributed by atoms with Crippen molar-refractivity contribution in [1.82, 2.24) is 0 Å².